The van der Waals surface area contributed by atoms with Crippen LogP contribution in [0.2, 0.25) is 0 Å². The van der Waals surface area contributed by atoms with Crippen molar-refractivity contribution in [2.75, 3.05) is 17.3 Å². The van der Waals surface area contributed by atoms with Crippen LogP contribution >= 0.6 is 11.3 Å². The van der Waals surface area contributed by atoms with Crippen LogP contribution in [0.3, 0.4) is 0 Å². The lowest BCUT2D eigenvalue weighted by atomic mass is 9.85. The molecule has 1 N–H and O–H groups in total. The van der Waals surface area contributed by atoms with Crippen LogP contribution in [0.4, 0.5) is 10.8 Å². The average molecular weight is 655 g/mol. The van der Waals surface area contributed by atoms with Gasteiger partial charge in [-0.3, -0.25) is 14.9 Å². The third-order valence-electron chi connectivity index (χ3n) is 9.45. The number of aromatic nitrogens is 2. The molecule has 48 heavy (non-hydrogen) atoms. The number of thiazole rings is 1. The lowest BCUT2D eigenvalue weighted by Gasteiger charge is -2.39. The molecule has 0 saturated carbocycles. The van der Waals surface area contributed by atoms with Crippen LogP contribution in [0.15, 0.2) is 95.6 Å². The van der Waals surface area contributed by atoms with Gasteiger partial charge in [-0.25, -0.2) is 4.98 Å². The van der Waals surface area contributed by atoms with Crippen molar-refractivity contribution in [3.63, 3.8) is 0 Å². The summed E-state index contributed by atoms with van der Waals surface area (Å²) in [6.45, 7) is 8.49. The number of furan rings is 1. The van der Waals surface area contributed by atoms with Gasteiger partial charge < -0.3 is 18.6 Å². The quantitative estimate of drug-likeness (QED) is 0.186. The SMILES string of the molecule is COc1cc2c3c(c1)C(c1c(C(=O)Nc4nc5ccccc5s4)c(C)n(Cc4ccco4)c1-c1ccccc1)C(=O)N3C(C)(C)C=C2C. The number of benzene rings is 3. The minimum Gasteiger partial charge on any atom is -0.497 e. The molecule has 8 rings (SSSR count). The lowest BCUT2D eigenvalue weighted by molar-refractivity contribution is -0.119. The van der Waals surface area contributed by atoms with E-state index in [0.717, 1.165) is 55.3 Å². The molecule has 2 aliphatic rings. The number of amides is 2. The molecule has 0 bridgehead atoms. The molecule has 0 saturated heterocycles. The molecule has 2 amide bonds. The van der Waals surface area contributed by atoms with Gasteiger partial charge >= 0.3 is 0 Å². The molecule has 0 aliphatic carbocycles. The zero-order valence-corrected chi connectivity index (χ0v) is 28.1. The maximum absolute atomic E-state index is 15.1. The first-order valence-corrected chi connectivity index (χ1v) is 16.7. The topological polar surface area (TPSA) is 89.6 Å². The van der Waals surface area contributed by atoms with Crippen molar-refractivity contribution in [3.8, 4) is 17.0 Å². The van der Waals surface area contributed by atoms with E-state index in [-0.39, 0.29) is 11.8 Å². The number of anilines is 2. The Morgan fingerprint density at radius 3 is 2.54 bits per heavy atom. The second kappa shape index (κ2) is 11.1. The van der Waals surface area contributed by atoms with E-state index in [9.17, 15) is 4.79 Å². The molecule has 1 atom stereocenters. The molecular weight excluding hydrogens is 621 g/mol. The summed E-state index contributed by atoms with van der Waals surface area (Å²) in [5.74, 6) is 0.197. The Bertz CT molecular complexity index is 2240. The number of carbonyl (C=O) groups excluding carboxylic acids is 2. The first-order valence-electron chi connectivity index (χ1n) is 15.9. The number of fused-ring (bicyclic) bond motifs is 1. The number of allylic oxidation sites excluding steroid dienone is 1. The molecule has 0 radical (unpaired) electrons. The second-order valence-corrected chi connectivity index (χ2v) is 13.9. The average Bonchev–Trinajstić information content (AvgIpc) is 3.84. The summed E-state index contributed by atoms with van der Waals surface area (Å²) in [4.78, 5) is 36.4. The van der Waals surface area contributed by atoms with Crippen molar-refractivity contribution in [1.29, 1.82) is 0 Å². The van der Waals surface area contributed by atoms with Crippen molar-refractivity contribution in [3.05, 3.63) is 125 Å². The zero-order chi connectivity index (χ0) is 33.3. The lowest BCUT2D eigenvalue weighted by Crippen LogP contribution is -2.47. The van der Waals surface area contributed by atoms with Gasteiger partial charge in [-0.05, 0) is 80.8 Å². The summed E-state index contributed by atoms with van der Waals surface area (Å²) in [6, 6.07) is 25.5. The Kier molecular flexibility index (Phi) is 6.92. The van der Waals surface area contributed by atoms with Crippen LogP contribution in [0.1, 0.15) is 65.2 Å². The fourth-order valence-corrected chi connectivity index (χ4v) is 8.35. The molecule has 9 heteroatoms. The van der Waals surface area contributed by atoms with Gasteiger partial charge in [0.05, 0.1) is 58.5 Å². The summed E-state index contributed by atoms with van der Waals surface area (Å²) < 4.78 is 14.7. The van der Waals surface area contributed by atoms with Crippen LogP contribution in [0, 0.1) is 6.92 Å². The number of hydrogen-bond acceptors (Lipinski definition) is 6. The monoisotopic (exact) mass is 654 g/mol. The predicted octanol–water partition coefficient (Wildman–Crippen LogP) is 8.65. The number of methoxy groups -OCH3 is 1. The third-order valence-corrected chi connectivity index (χ3v) is 10.4. The van der Waals surface area contributed by atoms with E-state index in [1.54, 1.807) is 13.4 Å². The molecule has 2 aliphatic heterocycles. The van der Waals surface area contributed by atoms with Crippen molar-refractivity contribution < 1.29 is 18.7 Å². The van der Waals surface area contributed by atoms with Crippen molar-refractivity contribution in [1.82, 2.24) is 9.55 Å². The van der Waals surface area contributed by atoms with E-state index in [4.69, 9.17) is 14.1 Å². The highest BCUT2D eigenvalue weighted by Gasteiger charge is 2.50. The third kappa shape index (κ3) is 4.60. The summed E-state index contributed by atoms with van der Waals surface area (Å²) in [7, 11) is 1.64. The first kappa shape index (κ1) is 30.0. The minimum atomic E-state index is -0.782. The van der Waals surface area contributed by atoms with Gasteiger partial charge in [0.15, 0.2) is 5.13 Å². The normalized spacial score (nSPS) is 16.3. The Morgan fingerprint density at radius 1 is 1.04 bits per heavy atom. The highest BCUT2D eigenvalue weighted by molar-refractivity contribution is 7.22. The molecule has 3 aromatic heterocycles. The molecule has 240 valence electrons. The molecule has 0 fully saturated rings. The maximum Gasteiger partial charge on any atom is 0.259 e. The van der Waals surface area contributed by atoms with E-state index in [1.165, 1.54) is 11.3 Å². The highest BCUT2D eigenvalue weighted by Crippen LogP contribution is 2.55. The molecule has 6 aromatic rings. The molecule has 1 unspecified atom stereocenters. The molecule has 3 aromatic carbocycles. The number of carbonyl (C=O) groups is 2. The van der Waals surface area contributed by atoms with E-state index < -0.39 is 11.5 Å². The van der Waals surface area contributed by atoms with Gasteiger partial charge in [-0.15, -0.1) is 0 Å². The van der Waals surface area contributed by atoms with Gasteiger partial charge in [0.1, 0.15) is 11.5 Å². The van der Waals surface area contributed by atoms with E-state index in [0.29, 0.717) is 28.6 Å². The van der Waals surface area contributed by atoms with Gasteiger partial charge in [-0.1, -0.05) is 59.9 Å². The smallest absolute Gasteiger partial charge is 0.259 e. The van der Waals surface area contributed by atoms with E-state index in [2.05, 4.69) is 36.7 Å². The minimum absolute atomic E-state index is 0.0883. The summed E-state index contributed by atoms with van der Waals surface area (Å²) in [5, 5.41) is 3.60. The van der Waals surface area contributed by atoms with Crippen LogP contribution in [-0.2, 0) is 11.3 Å². The number of nitrogens with one attached hydrogen (secondary N) is 1. The highest BCUT2D eigenvalue weighted by atomic mass is 32.1. The molecule has 8 nitrogen and oxygen atoms in total. The van der Waals surface area contributed by atoms with E-state index >= 15 is 4.79 Å². The van der Waals surface area contributed by atoms with Crippen LogP contribution < -0.4 is 15.0 Å². The Morgan fingerprint density at radius 2 is 1.81 bits per heavy atom. The van der Waals surface area contributed by atoms with Gasteiger partial charge in [-0.2, -0.15) is 0 Å². The van der Waals surface area contributed by atoms with Crippen LogP contribution in [0.5, 0.6) is 5.75 Å². The van der Waals surface area contributed by atoms with Crippen molar-refractivity contribution in [2.24, 2.45) is 0 Å². The largest absolute Gasteiger partial charge is 0.497 e. The number of para-hydroxylation sites is 1. The summed E-state index contributed by atoms with van der Waals surface area (Å²) in [6.07, 6.45) is 3.78. The summed E-state index contributed by atoms with van der Waals surface area (Å²) >= 11 is 1.42. The molecule has 0 spiro atoms. The summed E-state index contributed by atoms with van der Waals surface area (Å²) in [5.41, 5.74) is 7.42. The fourth-order valence-electron chi connectivity index (χ4n) is 7.49. The molecule has 5 heterocycles. The van der Waals surface area contributed by atoms with Crippen LogP contribution in [-0.4, -0.2) is 34.0 Å². The Hall–Kier alpha value is -5.41. The van der Waals surface area contributed by atoms with Crippen molar-refractivity contribution in [2.45, 2.75) is 45.7 Å². The van der Waals surface area contributed by atoms with Crippen molar-refractivity contribution >= 4 is 49.8 Å². The zero-order valence-electron chi connectivity index (χ0n) is 27.3. The standard InChI is InChI=1S/C39H34N4O4S/c1-22-20-39(3,4)43-35-27(22)18-26(46-5)19-28(35)32(37(43)45)33-31(36(44)41-38-40-29-15-9-10-16-30(29)48-38)23(2)42(21-25-14-11-17-47-25)34(33)24-12-7-6-8-13-24/h6-20,32H,21H2,1-5H3,(H,40,41,44). The Labute approximate surface area is 282 Å². The van der Waals surface area contributed by atoms with Gasteiger partial charge in [0, 0.05) is 16.8 Å². The first-order chi connectivity index (χ1) is 23.2. The fraction of sp³-hybridized carbons (Fsp3) is 0.205. The number of ether oxygens (including phenoxy) is 1. The van der Waals surface area contributed by atoms with Gasteiger partial charge in [0.25, 0.3) is 5.91 Å². The predicted molar refractivity (Wildman–Crippen MR) is 190 cm³/mol. The number of nitrogens with zero attached hydrogens (tertiary/aromatic N) is 3. The second-order valence-electron chi connectivity index (χ2n) is 12.9. The number of rotatable bonds is 7. The van der Waals surface area contributed by atoms with Crippen LogP contribution in [0.25, 0.3) is 27.0 Å². The van der Waals surface area contributed by atoms with Gasteiger partial charge in [0.2, 0.25) is 5.91 Å². The molecular formula is C39H34N4O4S. The van der Waals surface area contributed by atoms with E-state index in [1.807, 2.05) is 90.7 Å². The Balaban J connectivity index is 1.41. The maximum atomic E-state index is 15.1. The number of hydrogen-bond donors (Lipinski definition) is 1.